The second kappa shape index (κ2) is 8.42. The lowest BCUT2D eigenvalue weighted by molar-refractivity contribution is -0.121. The molecule has 1 saturated heterocycles. The molecule has 0 radical (unpaired) electrons. The number of hydrogen-bond donors (Lipinski definition) is 2. The maximum Gasteiger partial charge on any atom is 0.220 e. The van der Waals surface area contributed by atoms with Crippen LogP contribution in [0.4, 0.5) is 5.82 Å². The van der Waals surface area contributed by atoms with Gasteiger partial charge in [0.1, 0.15) is 11.9 Å². The number of aromatic amines is 1. The fourth-order valence-corrected chi connectivity index (χ4v) is 4.26. The van der Waals surface area contributed by atoms with Gasteiger partial charge in [-0.2, -0.15) is 10.4 Å². The lowest BCUT2D eigenvalue weighted by atomic mass is 9.94. The number of nitriles is 1. The zero-order valence-electron chi connectivity index (χ0n) is 16.1. The number of nitrogens with zero attached hydrogens (tertiary/aromatic N) is 4. The molecule has 0 aromatic carbocycles. The van der Waals surface area contributed by atoms with Crippen LogP contribution < -0.4 is 10.2 Å². The van der Waals surface area contributed by atoms with E-state index < -0.39 is 0 Å². The third-order valence-corrected chi connectivity index (χ3v) is 5.80. The van der Waals surface area contributed by atoms with Crippen molar-refractivity contribution in [1.29, 1.82) is 5.26 Å². The molecule has 1 aliphatic heterocycles. The normalized spacial score (nSPS) is 17.0. The zero-order valence-corrected chi connectivity index (χ0v) is 16.1. The van der Waals surface area contributed by atoms with E-state index in [2.05, 4.69) is 31.5 Å². The van der Waals surface area contributed by atoms with Gasteiger partial charge in [0.15, 0.2) is 0 Å². The van der Waals surface area contributed by atoms with Crippen molar-refractivity contribution >= 4 is 11.7 Å². The summed E-state index contributed by atoms with van der Waals surface area (Å²) in [5, 5.41) is 20.0. The van der Waals surface area contributed by atoms with Gasteiger partial charge in [0.2, 0.25) is 5.91 Å². The molecule has 2 aromatic rings. The number of aryl methyl sites for hydroxylation is 2. The Bertz CT molecular complexity index is 875. The molecule has 0 spiro atoms. The van der Waals surface area contributed by atoms with Crippen molar-refractivity contribution in [1.82, 2.24) is 20.5 Å². The Labute approximate surface area is 165 Å². The molecule has 146 valence electrons. The summed E-state index contributed by atoms with van der Waals surface area (Å²) in [5.74, 6) is 0.847. The molecule has 2 N–H and O–H groups in total. The lowest BCUT2D eigenvalue weighted by Gasteiger charge is -2.33. The number of nitrogens with one attached hydrogen (secondary N) is 2. The van der Waals surface area contributed by atoms with Gasteiger partial charge in [-0.3, -0.25) is 9.89 Å². The number of aromatic nitrogens is 3. The van der Waals surface area contributed by atoms with E-state index in [9.17, 15) is 10.1 Å². The average molecular weight is 378 g/mol. The molecule has 2 aromatic heterocycles. The van der Waals surface area contributed by atoms with Crippen LogP contribution in [0.1, 0.15) is 54.6 Å². The van der Waals surface area contributed by atoms with Crippen LogP contribution in [-0.2, 0) is 24.1 Å². The van der Waals surface area contributed by atoms with Crippen molar-refractivity contribution in [2.24, 2.45) is 0 Å². The molecule has 7 nitrogen and oxygen atoms in total. The number of carbonyl (C=O) groups excluding carboxylic acids is 1. The number of fused-ring (bicyclic) bond motifs is 1. The predicted molar refractivity (Wildman–Crippen MR) is 106 cm³/mol. The molecule has 0 unspecified atom stereocenters. The number of amides is 1. The second-order valence-corrected chi connectivity index (χ2v) is 7.65. The molecular formula is C21H26N6O. The molecule has 4 rings (SSSR count). The quantitative estimate of drug-likeness (QED) is 0.832. The standard InChI is InChI=1S/C21H26N6O/c22-14-15-4-3-11-23-21(15)27-12-9-16(10-13-27)24-20(28)8-7-19-17-5-1-2-6-18(17)25-26-19/h3-4,11,16H,1-2,5-10,12-13H2,(H,24,28)(H,25,26). The summed E-state index contributed by atoms with van der Waals surface area (Å²) in [6.07, 6.45) is 9.24. The van der Waals surface area contributed by atoms with Gasteiger partial charge < -0.3 is 10.2 Å². The van der Waals surface area contributed by atoms with E-state index in [1.807, 2.05) is 0 Å². The Hall–Kier alpha value is -2.88. The lowest BCUT2D eigenvalue weighted by Crippen LogP contribution is -2.45. The molecule has 2 aliphatic rings. The molecule has 1 fully saturated rings. The summed E-state index contributed by atoms with van der Waals surface area (Å²) < 4.78 is 0. The van der Waals surface area contributed by atoms with Crippen molar-refractivity contribution in [3.8, 4) is 6.07 Å². The topological polar surface area (TPSA) is 97.7 Å². The van der Waals surface area contributed by atoms with Crippen LogP contribution in [0.3, 0.4) is 0 Å². The monoisotopic (exact) mass is 378 g/mol. The summed E-state index contributed by atoms with van der Waals surface area (Å²) in [4.78, 5) is 18.9. The van der Waals surface area contributed by atoms with E-state index in [-0.39, 0.29) is 11.9 Å². The fourth-order valence-electron chi connectivity index (χ4n) is 4.26. The molecule has 0 bridgehead atoms. The summed E-state index contributed by atoms with van der Waals surface area (Å²) in [7, 11) is 0. The Kier molecular flexibility index (Phi) is 5.56. The number of rotatable bonds is 5. The van der Waals surface area contributed by atoms with Gasteiger partial charge in [0.05, 0.1) is 11.3 Å². The number of carbonyl (C=O) groups is 1. The van der Waals surface area contributed by atoms with Gasteiger partial charge in [-0.1, -0.05) is 0 Å². The highest BCUT2D eigenvalue weighted by molar-refractivity contribution is 5.76. The van der Waals surface area contributed by atoms with Crippen LogP contribution in [0, 0.1) is 11.3 Å². The average Bonchev–Trinajstić information content (AvgIpc) is 3.16. The third kappa shape index (κ3) is 4.01. The molecule has 3 heterocycles. The van der Waals surface area contributed by atoms with Crippen molar-refractivity contribution in [2.75, 3.05) is 18.0 Å². The Morgan fingerprint density at radius 1 is 1.32 bits per heavy atom. The zero-order chi connectivity index (χ0) is 19.3. The highest BCUT2D eigenvalue weighted by Gasteiger charge is 2.23. The molecule has 1 amide bonds. The van der Waals surface area contributed by atoms with Crippen LogP contribution in [0.2, 0.25) is 0 Å². The van der Waals surface area contributed by atoms with Crippen LogP contribution in [0.5, 0.6) is 0 Å². The van der Waals surface area contributed by atoms with Crippen molar-refractivity contribution in [3.63, 3.8) is 0 Å². The number of H-pyrrole nitrogens is 1. The highest BCUT2D eigenvalue weighted by Crippen LogP contribution is 2.23. The Balaban J connectivity index is 1.25. The SMILES string of the molecule is N#Cc1cccnc1N1CCC(NC(=O)CCc2n[nH]c3c2CCCC3)CC1. The fraction of sp³-hybridized carbons (Fsp3) is 0.524. The highest BCUT2D eigenvalue weighted by atomic mass is 16.1. The first kappa shape index (κ1) is 18.5. The van der Waals surface area contributed by atoms with Gasteiger partial charge in [0.25, 0.3) is 0 Å². The van der Waals surface area contributed by atoms with E-state index in [0.29, 0.717) is 18.4 Å². The number of anilines is 1. The van der Waals surface area contributed by atoms with Crippen molar-refractivity contribution in [2.45, 2.75) is 57.4 Å². The van der Waals surface area contributed by atoms with Gasteiger partial charge in [-0.25, -0.2) is 4.98 Å². The molecule has 1 aliphatic carbocycles. The third-order valence-electron chi connectivity index (χ3n) is 5.80. The maximum atomic E-state index is 12.4. The molecule has 28 heavy (non-hydrogen) atoms. The molecular weight excluding hydrogens is 352 g/mol. The van der Waals surface area contributed by atoms with Crippen LogP contribution in [0.25, 0.3) is 0 Å². The van der Waals surface area contributed by atoms with Gasteiger partial charge in [-0.05, 0) is 56.2 Å². The summed E-state index contributed by atoms with van der Waals surface area (Å²) in [6.45, 7) is 1.59. The summed E-state index contributed by atoms with van der Waals surface area (Å²) in [5.41, 5.74) is 4.28. The van der Waals surface area contributed by atoms with E-state index in [1.165, 1.54) is 24.1 Å². The Morgan fingerprint density at radius 3 is 2.96 bits per heavy atom. The van der Waals surface area contributed by atoms with Crippen molar-refractivity contribution < 1.29 is 4.79 Å². The largest absolute Gasteiger partial charge is 0.355 e. The number of hydrogen-bond acceptors (Lipinski definition) is 5. The smallest absolute Gasteiger partial charge is 0.220 e. The molecule has 0 saturated carbocycles. The Morgan fingerprint density at radius 2 is 2.14 bits per heavy atom. The van der Waals surface area contributed by atoms with Gasteiger partial charge in [-0.15, -0.1) is 0 Å². The van der Waals surface area contributed by atoms with Crippen LogP contribution >= 0.6 is 0 Å². The van der Waals surface area contributed by atoms with E-state index in [0.717, 1.165) is 50.3 Å². The van der Waals surface area contributed by atoms with Crippen molar-refractivity contribution in [3.05, 3.63) is 40.8 Å². The van der Waals surface area contributed by atoms with Crippen LogP contribution in [0.15, 0.2) is 18.3 Å². The van der Waals surface area contributed by atoms with Crippen LogP contribution in [-0.4, -0.2) is 40.2 Å². The summed E-state index contributed by atoms with van der Waals surface area (Å²) >= 11 is 0. The first-order valence-corrected chi connectivity index (χ1v) is 10.2. The molecule has 7 heteroatoms. The van der Waals surface area contributed by atoms with E-state index in [4.69, 9.17) is 0 Å². The minimum absolute atomic E-state index is 0.0987. The first-order valence-electron chi connectivity index (χ1n) is 10.2. The second-order valence-electron chi connectivity index (χ2n) is 7.65. The van der Waals surface area contributed by atoms with E-state index >= 15 is 0 Å². The minimum Gasteiger partial charge on any atom is -0.355 e. The first-order chi connectivity index (χ1) is 13.7. The maximum absolute atomic E-state index is 12.4. The predicted octanol–water partition coefficient (Wildman–Crippen LogP) is 2.27. The minimum atomic E-state index is 0.0987. The van der Waals surface area contributed by atoms with E-state index in [1.54, 1.807) is 18.3 Å². The molecule has 0 atom stereocenters. The van der Waals surface area contributed by atoms with Gasteiger partial charge >= 0.3 is 0 Å². The number of piperidine rings is 1. The summed E-state index contributed by atoms with van der Waals surface area (Å²) in [6, 6.07) is 5.97. The van der Waals surface area contributed by atoms with Gasteiger partial charge in [0, 0.05) is 43.9 Å². The number of pyridine rings is 1.